The fourth-order valence-electron chi connectivity index (χ4n) is 4.13. The average Bonchev–Trinajstić information content (AvgIpc) is 3.26. The zero-order valence-corrected chi connectivity index (χ0v) is 17.4. The topological polar surface area (TPSA) is 78.5 Å². The Balaban J connectivity index is 1.89. The zero-order chi connectivity index (χ0) is 21.4. The molecule has 4 rings (SSSR count). The highest BCUT2D eigenvalue weighted by atomic mass is 16.5. The van der Waals surface area contributed by atoms with Crippen LogP contribution in [-0.2, 0) is 0 Å². The average molecular weight is 403 g/mol. The number of fused-ring (bicyclic) bond motifs is 1. The van der Waals surface area contributed by atoms with Gasteiger partial charge in [0.05, 0.1) is 12.6 Å². The van der Waals surface area contributed by atoms with Crippen molar-refractivity contribution in [3.63, 3.8) is 0 Å². The van der Waals surface area contributed by atoms with Gasteiger partial charge in [-0.2, -0.15) is 5.10 Å². The van der Waals surface area contributed by atoms with Gasteiger partial charge in [-0.05, 0) is 55.7 Å². The minimum absolute atomic E-state index is 0.133. The van der Waals surface area contributed by atoms with Crippen LogP contribution in [0.25, 0.3) is 11.3 Å². The van der Waals surface area contributed by atoms with Crippen molar-refractivity contribution in [3.05, 3.63) is 77.0 Å². The summed E-state index contributed by atoms with van der Waals surface area (Å²) < 4.78 is 5.56. The number of hydrogen-bond acceptors (Lipinski definition) is 4. The molecule has 2 aromatic carbocycles. The van der Waals surface area contributed by atoms with E-state index in [0.717, 1.165) is 28.0 Å². The van der Waals surface area contributed by atoms with Crippen LogP contribution in [0.15, 0.2) is 49.1 Å². The number of carbonyl (C=O) groups is 1. The summed E-state index contributed by atoms with van der Waals surface area (Å²) in [5.41, 5.74) is 5.16. The molecule has 1 aromatic heterocycles. The van der Waals surface area contributed by atoms with Gasteiger partial charge in [0, 0.05) is 17.7 Å². The molecule has 1 amide bonds. The summed E-state index contributed by atoms with van der Waals surface area (Å²) in [7, 11) is 0. The highest BCUT2D eigenvalue weighted by Crippen LogP contribution is 2.45. The number of rotatable bonds is 6. The predicted octanol–water partition coefficient (Wildman–Crippen LogP) is 4.53. The molecule has 0 saturated carbocycles. The Hall–Kier alpha value is -3.54. The summed E-state index contributed by atoms with van der Waals surface area (Å²) in [5.74, 6) is 0.821. The van der Waals surface area contributed by atoms with Gasteiger partial charge in [-0.3, -0.25) is 9.89 Å². The van der Waals surface area contributed by atoms with Crippen LogP contribution in [0.3, 0.4) is 0 Å². The predicted molar refractivity (Wildman–Crippen MR) is 116 cm³/mol. The van der Waals surface area contributed by atoms with Crippen LogP contribution in [0.4, 0.5) is 0 Å². The number of ether oxygens (including phenoxy) is 1. The molecular weight excluding hydrogens is 378 g/mol. The van der Waals surface area contributed by atoms with Crippen LogP contribution in [-0.4, -0.2) is 39.3 Å². The van der Waals surface area contributed by atoms with E-state index in [1.54, 1.807) is 11.0 Å². The zero-order valence-electron chi connectivity index (χ0n) is 17.4. The number of hydrogen-bond donors (Lipinski definition) is 2. The van der Waals surface area contributed by atoms with Gasteiger partial charge in [0.25, 0.3) is 5.91 Å². The Morgan fingerprint density at radius 2 is 2.00 bits per heavy atom. The molecule has 6 nitrogen and oxygen atoms in total. The standard InChI is InChI=1S/C24H25N3O3/c1-5-11-27-22(16-7-9-17(10-8-16)30-6-2)19-20(25-26-21(19)24(27)29)18-13-14(3)12-15(4)23(18)28/h5,7-10,12-13,22,28H,1,6,11H2,2-4H3,(H,25,26). The van der Waals surface area contributed by atoms with Crippen molar-refractivity contribution in [1.82, 2.24) is 15.1 Å². The van der Waals surface area contributed by atoms with Gasteiger partial charge in [0.15, 0.2) is 0 Å². The lowest BCUT2D eigenvalue weighted by atomic mass is 9.94. The van der Waals surface area contributed by atoms with Gasteiger partial charge >= 0.3 is 0 Å². The van der Waals surface area contributed by atoms with E-state index in [-0.39, 0.29) is 17.7 Å². The van der Waals surface area contributed by atoms with Gasteiger partial charge in [-0.1, -0.05) is 24.3 Å². The summed E-state index contributed by atoms with van der Waals surface area (Å²) in [6.45, 7) is 10.6. The number of aromatic nitrogens is 2. The van der Waals surface area contributed by atoms with Gasteiger partial charge in [-0.15, -0.1) is 6.58 Å². The Labute approximate surface area is 175 Å². The Kier molecular flexibility index (Phi) is 5.08. The number of nitrogens with zero attached hydrogens (tertiary/aromatic N) is 2. The monoisotopic (exact) mass is 403 g/mol. The van der Waals surface area contributed by atoms with E-state index in [4.69, 9.17) is 4.74 Å². The number of aromatic hydroxyl groups is 1. The van der Waals surface area contributed by atoms with Gasteiger partial charge < -0.3 is 14.7 Å². The lowest BCUT2D eigenvalue weighted by Gasteiger charge is -2.25. The Morgan fingerprint density at radius 3 is 2.67 bits per heavy atom. The number of aryl methyl sites for hydroxylation is 2. The van der Waals surface area contributed by atoms with Crippen LogP contribution in [0.1, 0.15) is 45.7 Å². The third-order valence-corrected chi connectivity index (χ3v) is 5.40. The van der Waals surface area contributed by atoms with Crippen LogP contribution in [0, 0.1) is 13.8 Å². The summed E-state index contributed by atoms with van der Waals surface area (Å²) in [5, 5.41) is 18.1. The molecule has 0 bridgehead atoms. The van der Waals surface area contributed by atoms with E-state index in [0.29, 0.717) is 30.1 Å². The van der Waals surface area contributed by atoms with Crippen molar-refractivity contribution in [3.8, 4) is 22.8 Å². The molecule has 2 heterocycles. The molecule has 1 atom stereocenters. The van der Waals surface area contributed by atoms with Crippen molar-refractivity contribution >= 4 is 5.91 Å². The van der Waals surface area contributed by atoms with E-state index >= 15 is 0 Å². The molecule has 30 heavy (non-hydrogen) atoms. The van der Waals surface area contributed by atoms with Gasteiger partial charge in [0.2, 0.25) is 0 Å². The molecule has 3 aromatic rings. The third kappa shape index (κ3) is 3.14. The highest BCUT2D eigenvalue weighted by Gasteiger charge is 2.42. The van der Waals surface area contributed by atoms with E-state index in [1.807, 2.05) is 57.2 Å². The maximum absolute atomic E-state index is 13.1. The highest BCUT2D eigenvalue weighted by molar-refractivity contribution is 6.00. The lowest BCUT2D eigenvalue weighted by molar-refractivity contribution is 0.0764. The van der Waals surface area contributed by atoms with Crippen molar-refractivity contribution < 1.29 is 14.6 Å². The number of carbonyl (C=O) groups excluding carboxylic acids is 1. The number of phenolic OH excluding ortho intramolecular Hbond substituents is 1. The SMILES string of the molecule is C=CCN1C(=O)c2[nH]nc(-c3cc(C)cc(C)c3O)c2C1c1ccc(OCC)cc1. The van der Waals surface area contributed by atoms with Gasteiger partial charge in [-0.25, -0.2) is 0 Å². The van der Waals surface area contributed by atoms with E-state index in [1.165, 1.54) is 0 Å². The molecule has 0 aliphatic carbocycles. The maximum Gasteiger partial charge on any atom is 0.273 e. The van der Waals surface area contributed by atoms with E-state index in [2.05, 4.69) is 16.8 Å². The number of phenols is 1. The molecule has 0 saturated heterocycles. The molecule has 0 radical (unpaired) electrons. The van der Waals surface area contributed by atoms with E-state index < -0.39 is 0 Å². The quantitative estimate of drug-likeness (QED) is 0.593. The van der Waals surface area contributed by atoms with Crippen LogP contribution < -0.4 is 4.74 Å². The maximum atomic E-state index is 13.1. The molecule has 6 heteroatoms. The first-order chi connectivity index (χ1) is 14.5. The molecule has 154 valence electrons. The lowest BCUT2D eigenvalue weighted by Crippen LogP contribution is -2.29. The van der Waals surface area contributed by atoms with Crippen molar-refractivity contribution in [2.24, 2.45) is 0 Å². The summed E-state index contributed by atoms with van der Waals surface area (Å²) in [6, 6.07) is 11.2. The number of amides is 1. The largest absolute Gasteiger partial charge is 0.507 e. The van der Waals surface area contributed by atoms with Crippen molar-refractivity contribution in [1.29, 1.82) is 0 Å². The fraction of sp³-hybridized carbons (Fsp3) is 0.250. The molecule has 1 unspecified atom stereocenters. The number of H-pyrrole nitrogens is 1. The van der Waals surface area contributed by atoms with Gasteiger partial charge in [0.1, 0.15) is 22.9 Å². The number of nitrogens with one attached hydrogen (secondary N) is 1. The summed E-state index contributed by atoms with van der Waals surface area (Å²) in [6.07, 6.45) is 1.72. The molecular formula is C24H25N3O3. The van der Waals surface area contributed by atoms with E-state index in [9.17, 15) is 9.90 Å². The summed E-state index contributed by atoms with van der Waals surface area (Å²) in [4.78, 5) is 14.9. The fourth-order valence-corrected chi connectivity index (χ4v) is 4.13. The Morgan fingerprint density at radius 1 is 1.27 bits per heavy atom. The molecule has 0 fully saturated rings. The van der Waals surface area contributed by atoms with Crippen LogP contribution in [0.2, 0.25) is 0 Å². The molecule has 2 N–H and O–H groups in total. The second-order valence-electron chi connectivity index (χ2n) is 7.49. The number of aromatic amines is 1. The smallest absolute Gasteiger partial charge is 0.273 e. The summed E-state index contributed by atoms with van der Waals surface area (Å²) >= 11 is 0. The first-order valence-corrected chi connectivity index (χ1v) is 9.99. The third-order valence-electron chi connectivity index (χ3n) is 5.40. The van der Waals surface area contributed by atoms with Crippen LogP contribution >= 0.6 is 0 Å². The molecule has 0 spiro atoms. The van der Waals surface area contributed by atoms with Crippen molar-refractivity contribution in [2.75, 3.05) is 13.2 Å². The normalized spacial score (nSPS) is 15.4. The molecule has 1 aliphatic heterocycles. The Bertz CT molecular complexity index is 1120. The first kappa shape index (κ1) is 19.8. The van der Waals surface area contributed by atoms with Crippen molar-refractivity contribution in [2.45, 2.75) is 26.8 Å². The van der Waals surface area contributed by atoms with Crippen LogP contribution in [0.5, 0.6) is 11.5 Å². The minimum atomic E-state index is -0.338. The minimum Gasteiger partial charge on any atom is -0.507 e. The first-order valence-electron chi connectivity index (χ1n) is 9.99. The second-order valence-corrected chi connectivity index (χ2v) is 7.49. The molecule has 1 aliphatic rings. The number of benzene rings is 2. The second kappa shape index (κ2) is 7.71.